The van der Waals surface area contributed by atoms with Gasteiger partial charge in [0, 0.05) is 22.6 Å². The molecule has 3 aromatic heterocycles. The predicted molar refractivity (Wildman–Crippen MR) is 85.1 cm³/mol. The Kier molecular flexibility index (Phi) is 4.17. The molecule has 3 aromatic rings. The second kappa shape index (κ2) is 6.24. The van der Waals surface area contributed by atoms with Crippen LogP contribution in [0.1, 0.15) is 15.2 Å². The Morgan fingerprint density at radius 2 is 2.29 bits per heavy atom. The highest BCUT2D eigenvalue weighted by molar-refractivity contribution is 9.10. The summed E-state index contributed by atoms with van der Waals surface area (Å²) in [5.74, 6) is 0.648. The number of carbonyl (C=O) groups is 1. The molecule has 6 heteroatoms. The van der Waals surface area contributed by atoms with Crippen molar-refractivity contribution < 1.29 is 9.21 Å². The lowest BCUT2D eigenvalue weighted by Gasteiger charge is -2.04. The number of hydrogen-bond donors (Lipinski definition) is 1. The Morgan fingerprint density at radius 1 is 1.38 bits per heavy atom. The number of halogens is 1. The number of carbonyl (C=O) groups excluding carboxylic acids is 1. The van der Waals surface area contributed by atoms with Crippen LogP contribution in [0.2, 0.25) is 0 Å². The van der Waals surface area contributed by atoms with Gasteiger partial charge < -0.3 is 9.73 Å². The standard InChI is InChI=1S/C15H11BrN2O2S/c16-11-6-14(21-9-11)15(19)18-8-10-3-4-12(17-7-10)13-2-1-5-20-13/h1-7,9H,8H2,(H,18,19). The molecule has 0 bridgehead atoms. The molecule has 0 fully saturated rings. The van der Waals surface area contributed by atoms with E-state index in [1.54, 1.807) is 18.5 Å². The first-order valence-corrected chi connectivity index (χ1v) is 7.91. The summed E-state index contributed by atoms with van der Waals surface area (Å²) in [6, 6.07) is 9.29. The number of nitrogens with one attached hydrogen (secondary N) is 1. The van der Waals surface area contributed by atoms with Crippen molar-refractivity contribution in [2.75, 3.05) is 0 Å². The lowest BCUT2D eigenvalue weighted by Crippen LogP contribution is -2.21. The summed E-state index contributed by atoms with van der Waals surface area (Å²) in [6.07, 6.45) is 3.35. The second-order valence-corrected chi connectivity index (χ2v) is 6.17. The minimum absolute atomic E-state index is 0.0826. The smallest absolute Gasteiger partial charge is 0.261 e. The van der Waals surface area contributed by atoms with Gasteiger partial charge in [-0.05, 0) is 45.8 Å². The topological polar surface area (TPSA) is 55.1 Å². The molecule has 1 N–H and O–H groups in total. The van der Waals surface area contributed by atoms with Gasteiger partial charge in [-0.3, -0.25) is 9.78 Å². The fraction of sp³-hybridized carbons (Fsp3) is 0.0667. The summed E-state index contributed by atoms with van der Waals surface area (Å²) >= 11 is 4.74. The molecule has 0 unspecified atom stereocenters. The molecule has 1 amide bonds. The predicted octanol–water partition coefficient (Wildman–Crippen LogP) is 4.10. The maximum absolute atomic E-state index is 11.9. The van der Waals surface area contributed by atoms with Crippen molar-refractivity contribution in [1.29, 1.82) is 0 Å². The highest BCUT2D eigenvalue weighted by Gasteiger charge is 2.08. The summed E-state index contributed by atoms with van der Waals surface area (Å²) in [5.41, 5.74) is 1.71. The largest absolute Gasteiger partial charge is 0.463 e. The van der Waals surface area contributed by atoms with Crippen LogP contribution in [0.3, 0.4) is 0 Å². The summed E-state index contributed by atoms with van der Waals surface area (Å²) in [6.45, 7) is 0.444. The third-order valence-electron chi connectivity index (χ3n) is 2.84. The van der Waals surface area contributed by atoms with E-state index in [9.17, 15) is 4.79 Å². The van der Waals surface area contributed by atoms with Crippen molar-refractivity contribution in [1.82, 2.24) is 10.3 Å². The Morgan fingerprint density at radius 3 is 2.90 bits per heavy atom. The van der Waals surface area contributed by atoms with Crippen molar-refractivity contribution in [2.24, 2.45) is 0 Å². The molecule has 0 aromatic carbocycles. The third-order valence-corrected chi connectivity index (χ3v) is 4.53. The quantitative estimate of drug-likeness (QED) is 0.760. The van der Waals surface area contributed by atoms with E-state index in [1.165, 1.54) is 11.3 Å². The third kappa shape index (κ3) is 3.40. The van der Waals surface area contributed by atoms with E-state index in [4.69, 9.17) is 4.42 Å². The lowest BCUT2D eigenvalue weighted by atomic mass is 10.2. The van der Waals surface area contributed by atoms with E-state index in [-0.39, 0.29) is 5.91 Å². The summed E-state index contributed by atoms with van der Waals surface area (Å²) in [4.78, 5) is 16.9. The average Bonchev–Trinajstić information content (AvgIpc) is 3.16. The van der Waals surface area contributed by atoms with E-state index < -0.39 is 0 Å². The first kappa shape index (κ1) is 14.0. The van der Waals surface area contributed by atoms with Gasteiger partial charge in [0.2, 0.25) is 0 Å². The zero-order valence-electron chi connectivity index (χ0n) is 10.9. The molecule has 0 aliphatic carbocycles. The van der Waals surface area contributed by atoms with Crippen LogP contribution in [0.25, 0.3) is 11.5 Å². The number of aromatic nitrogens is 1. The first-order chi connectivity index (χ1) is 10.2. The molecule has 0 aliphatic heterocycles. The number of furan rings is 1. The SMILES string of the molecule is O=C(NCc1ccc(-c2ccco2)nc1)c1cc(Br)cs1. The van der Waals surface area contributed by atoms with Crippen LogP contribution in [-0.2, 0) is 6.54 Å². The number of rotatable bonds is 4. The van der Waals surface area contributed by atoms with Gasteiger partial charge in [0.25, 0.3) is 5.91 Å². The molecule has 3 heterocycles. The van der Waals surface area contributed by atoms with Crippen LogP contribution in [-0.4, -0.2) is 10.9 Å². The number of pyridine rings is 1. The van der Waals surface area contributed by atoms with Crippen LogP contribution < -0.4 is 5.32 Å². The molecule has 0 saturated heterocycles. The van der Waals surface area contributed by atoms with Crippen LogP contribution in [0.5, 0.6) is 0 Å². The second-order valence-electron chi connectivity index (χ2n) is 4.34. The monoisotopic (exact) mass is 362 g/mol. The molecule has 106 valence electrons. The van der Waals surface area contributed by atoms with Gasteiger partial charge >= 0.3 is 0 Å². The fourth-order valence-corrected chi connectivity index (χ4v) is 3.14. The van der Waals surface area contributed by atoms with Crippen LogP contribution >= 0.6 is 27.3 Å². The molecule has 3 rings (SSSR count). The van der Waals surface area contributed by atoms with Gasteiger partial charge in [0.05, 0.1) is 11.1 Å². The average molecular weight is 363 g/mol. The number of amides is 1. The maximum atomic E-state index is 11.9. The minimum atomic E-state index is -0.0826. The molecule has 21 heavy (non-hydrogen) atoms. The molecule has 0 saturated carbocycles. The van der Waals surface area contributed by atoms with E-state index in [2.05, 4.69) is 26.2 Å². The zero-order chi connectivity index (χ0) is 14.7. The van der Waals surface area contributed by atoms with Crippen molar-refractivity contribution in [3.05, 3.63) is 63.1 Å². The van der Waals surface area contributed by atoms with E-state index >= 15 is 0 Å². The highest BCUT2D eigenvalue weighted by atomic mass is 79.9. The summed E-state index contributed by atoms with van der Waals surface area (Å²) in [5, 5.41) is 4.75. The van der Waals surface area contributed by atoms with Crippen molar-refractivity contribution in [2.45, 2.75) is 6.54 Å². The summed E-state index contributed by atoms with van der Waals surface area (Å²) in [7, 11) is 0. The van der Waals surface area contributed by atoms with Gasteiger partial charge in [0.1, 0.15) is 5.69 Å². The Balaban J connectivity index is 1.62. The van der Waals surface area contributed by atoms with E-state index in [0.29, 0.717) is 11.4 Å². The molecule has 0 spiro atoms. The Hall–Kier alpha value is -1.92. The highest BCUT2D eigenvalue weighted by Crippen LogP contribution is 2.20. The molecule has 4 nitrogen and oxygen atoms in total. The van der Waals surface area contributed by atoms with Crippen molar-refractivity contribution in [3.63, 3.8) is 0 Å². The molecular formula is C15H11BrN2O2S. The van der Waals surface area contributed by atoms with Crippen LogP contribution in [0.4, 0.5) is 0 Å². The number of thiophene rings is 1. The molecule has 0 radical (unpaired) electrons. The van der Waals surface area contributed by atoms with Gasteiger partial charge in [-0.15, -0.1) is 11.3 Å². The van der Waals surface area contributed by atoms with Gasteiger partial charge in [0.15, 0.2) is 5.76 Å². The van der Waals surface area contributed by atoms with Crippen LogP contribution in [0, 0.1) is 0 Å². The Labute approximate surface area is 134 Å². The first-order valence-electron chi connectivity index (χ1n) is 6.23. The maximum Gasteiger partial charge on any atom is 0.261 e. The van der Waals surface area contributed by atoms with Gasteiger partial charge in [-0.1, -0.05) is 6.07 Å². The Bertz CT molecular complexity index is 735. The molecular weight excluding hydrogens is 352 g/mol. The summed E-state index contributed by atoms with van der Waals surface area (Å²) < 4.78 is 6.20. The van der Waals surface area contributed by atoms with E-state index in [0.717, 1.165) is 21.5 Å². The van der Waals surface area contributed by atoms with Crippen molar-refractivity contribution >= 4 is 33.2 Å². The van der Waals surface area contributed by atoms with Gasteiger partial charge in [-0.2, -0.15) is 0 Å². The number of hydrogen-bond acceptors (Lipinski definition) is 4. The van der Waals surface area contributed by atoms with E-state index in [1.807, 2.05) is 29.6 Å². The fourth-order valence-electron chi connectivity index (χ4n) is 1.80. The van der Waals surface area contributed by atoms with Crippen molar-refractivity contribution in [3.8, 4) is 11.5 Å². The van der Waals surface area contributed by atoms with Gasteiger partial charge in [-0.25, -0.2) is 0 Å². The molecule has 0 atom stereocenters. The normalized spacial score (nSPS) is 10.5. The number of nitrogens with zero attached hydrogens (tertiary/aromatic N) is 1. The zero-order valence-corrected chi connectivity index (χ0v) is 13.3. The van der Waals surface area contributed by atoms with Crippen LogP contribution in [0.15, 0.2) is 57.1 Å². The minimum Gasteiger partial charge on any atom is -0.463 e. The lowest BCUT2D eigenvalue weighted by molar-refractivity contribution is 0.0955. The molecule has 0 aliphatic rings.